The molecule has 0 aromatic carbocycles. The quantitative estimate of drug-likeness (QED) is 0.489. The number of amides is 1. The SMILES string of the molecule is Cc1ncc([N+](=O)[O-])n1C(=O)N(C)C. The molecule has 1 rings (SSSR count). The van der Waals surface area contributed by atoms with Gasteiger partial charge in [0.25, 0.3) is 0 Å². The highest BCUT2D eigenvalue weighted by Crippen LogP contribution is 2.13. The molecule has 0 unspecified atom stereocenters. The first-order chi connectivity index (χ1) is 6.45. The summed E-state index contributed by atoms with van der Waals surface area (Å²) in [6.07, 6.45) is 1.07. The summed E-state index contributed by atoms with van der Waals surface area (Å²) in [4.78, 5) is 26.4. The highest BCUT2D eigenvalue weighted by atomic mass is 16.6. The van der Waals surface area contributed by atoms with Crippen LogP contribution in [0.2, 0.25) is 0 Å². The molecule has 0 aliphatic rings. The molecule has 0 radical (unpaired) electrons. The van der Waals surface area contributed by atoms with Crippen molar-refractivity contribution in [3.63, 3.8) is 0 Å². The number of nitro groups is 1. The van der Waals surface area contributed by atoms with Crippen molar-refractivity contribution in [2.45, 2.75) is 6.92 Å². The Labute approximate surface area is 80.1 Å². The maximum Gasteiger partial charge on any atom is 0.417 e. The molecule has 1 heterocycles. The maximum absolute atomic E-state index is 11.5. The molecule has 0 N–H and O–H groups in total. The Balaban J connectivity index is 3.24. The van der Waals surface area contributed by atoms with Gasteiger partial charge in [-0.15, -0.1) is 4.57 Å². The molecule has 0 atom stereocenters. The highest BCUT2D eigenvalue weighted by molar-refractivity contribution is 5.79. The number of hydrogen-bond donors (Lipinski definition) is 0. The van der Waals surface area contributed by atoms with Gasteiger partial charge in [-0.25, -0.2) is 9.78 Å². The number of imidazole rings is 1. The number of hydrogen-bond acceptors (Lipinski definition) is 4. The van der Waals surface area contributed by atoms with Crippen LogP contribution < -0.4 is 0 Å². The fraction of sp³-hybridized carbons (Fsp3) is 0.429. The number of aryl methyl sites for hydroxylation is 1. The molecule has 76 valence electrons. The fourth-order valence-corrected chi connectivity index (χ4v) is 0.998. The minimum atomic E-state index is -0.637. The van der Waals surface area contributed by atoms with E-state index >= 15 is 0 Å². The predicted molar refractivity (Wildman–Crippen MR) is 48.1 cm³/mol. The molecule has 7 heteroatoms. The largest absolute Gasteiger partial charge is 0.417 e. The molecule has 14 heavy (non-hydrogen) atoms. The van der Waals surface area contributed by atoms with Gasteiger partial charge < -0.3 is 15.0 Å². The Morgan fingerprint density at radius 1 is 1.64 bits per heavy atom. The first-order valence-electron chi connectivity index (χ1n) is 3.85. The molecular formula is C7H10N4O3. The van der Waals surface area contributed by atoms with Crippen LogP contribution in [0.5, 0.6) is 0 Å². The number of rotatable bonds is 1. The van der Waals surface area contributed by atoms with E-state index in [2.05, 4.69) is 4.98 Å². The Morgan fingerprint density at radius 2 is 2.21 bits per heavy atom. The summed E-state index contributed by atoms with van der Waals surface area (Å²) in [6.45, 7) is 1.54. The summed E-state index contributed by atoms with van der Waals surface area (Å²) in [5, 5.41) is 10.5. The van der Waals surface area contributed by atoms with Crippen molar-refractivity contribution in [1.82, 2.24) is 14.5 Å². The predicted octanol–water partition coefficient (Wildman–Crippen LogP) is 0.629. The van der Waals surface area contributed by atoms with Crippen LogP contribution in [0.1, 0.15) is 5.82 Å². The zero-order valence-electron chi connectivity index (χ0n) is 8.09. The summed E-state index contributed by atoms with van der Waals surface area (Å²) >= 11 is 0. The van der Waals surface area contributed by atoms with Gasteiger partial charge >= 0.3 is 11.8 Å². The van der Waals surface area contributed by atoms with Crippen molar-refractivity contribution in [2.24, 2.45) is 0 Å². The second-order valence-corrected chi connectivity index (χ2v) is 2.93. The van der Waals surface area contributed by atoms with Gasteiger partial charge in [0.1, 0.15) is 6.20 Å². The second-order valence-electron chi connectivity index (χ2n) is 2.93. The molecule has 1 aromatic rings. The Bertz CT molecular complexity index is 382. The van der Waals surface area contributed by atoms with E-state index in [-0.39, 0.29) is 5.82 Å². The number of aromatic nitrogens is 2. The monoisotopic (exact) mass is 198 g/mol. The smallest absolute Gasteiger partial charge is 0.358 e. The van der Waals surface area contributed by atoms with Crippen LogP contribution in [0, 0.1) is 17.0 Å². The maximum atomic E-state index is 11.5. The molecule has 0 spiro atoms. The van der Waals surface area contributed by atoms with Crippen molar-refractivity contribution in [1.29, 1.82) is 0 Å². The second kappa shape index (κ2) is 3.44. The van der Waals surface area contributed by atoms with Crippen molar-refractivity contribution >= 4 is 11.8 Å². The van der Waals surface area contributed by atoms with E-state index in [0.717, 1.165) is 10.8 Å². The first kappa shape index (κ1) is 10.2. The average molecular weight is 198 g/mol. The van der Waals surface area contributed by atoms with Gasteiger partial charge in [0, 0.05) is 21.0 Å². The van der Waals surface area contributed by atoms with Crippen molar-refractivity contribution in [3.05, 3.63) is 22.1 Å². The van der Waals surface area contributed by atoms with Gasteiger partial charge in [-0.1, -0.05) is 0 Å². The molecule has 0 aliphatic carbocycles. The molecule has 0 saturated heterocycles. The normalized spacial score (nSPS) is 9.93. The van der Waals surface area contributed by atoms with Crippen molar-refractivity contribution < 1.29 is 9.72 Å². The lowest BCUT2D eigenvalue weighted by Crippen LogP contribution is -2.28. The van der Waals surface area contributed by atoms with Crippen LogP contribution >= 0.6 is 0 Å². The summed E-state index contributed by atoms with van der Waals surface area (Å²) < 4.78 is 0.958. The molecule has 0 bridgehead atoms. The van der Waals surface area contributed by atoms with Gasteiger partial charge in [-0.05, 0) is 4.92 Å². The number of carbonyl (C=O) groups excluding carboxylic acids is 1. The molecule has 0 aliphatic heterocycles. The topological polar surface area (TPSA) is 81.3 Å². The summed E-state index contributed by atoms with van der Waals surface area (Å²) in [5.41, 5.74) is 0. The Morgan fingerprint density at radius 3 is 2.64 bits per heavy atom. The molecule has 7 nitrogen and oxygen atoms in total. The van der Waals surface area contributed by atoms with E-state index in [4.69, 9.17) is 0 Å². The van der Waals surface area contributed by atoms with Gasteiger partial charge in [-0.2, -0.15) is 0 Å². The van der Waals surface area contributed by atoms with E-state index in [1.54, 1.807) is 0 Å². The van der Waals surface area contributed by atoms with E-state index in [0.29, 0.717) is 5.82 Å². The fourth-order valence-electron chi connectivity index (χ4n) is 0.998. The zero-order valence-corrected chi connectivity index (χ0v) is 8.09. The Kier molecular flexibility index (Phi) is 2.50. The van der Waals surface area contributed by atoms with Crippen LogP contribution in [0.3, 0.4) is 0 Å². The van der Waals surface area contributed by atoms with Gasteiger partial charge in [0.15, 0.2) is 0 Å². The highest BCUT2D eigenvalue weighted by Gasteiger charge is 2.25. The number of carbonyl (C=O) groups is 1. The van der Waals surface area contributed by atoms with Crippen LogP contribution in [-0.2, 0) is 0 Å². The van der Waals surface area contributed by atoms with Gasteiger partial charge in [0.05, 0.1) is 0 Å². The standard InChI is InChI=1S/C7H10N4O3/c1-5-8-4-6(11(13)14)10(5)7(12)9(2)3/h4H,1-3H3. The van der Waals surface area contributed by atoms with Crippen molar-refractivity contribution in [2.75, 3.05) is 14.1 Å². The van der Waals surface area contributed by atoms with Crippen LogP contribution in [0.4, 0.5) is 10.6 Å². The van der Waals surface area contributed by atoms with E-state index in [1.165, 1.54) is 25.9 Å². The summed E-state index contributed by atoms with van der Waals surface area (Å²) in [6, 6.07) is -0.480. The lowest BCUT2D eigenvalue weighted by Gasteiger charge is -2.07. The average Bonchev–Trinajstić information content (AvgIpc) is 2.45. The first-order valence-corrected chi connectivity index (χ1v) is 3.85. The molecule has 0 fully saturated rings. The minimum absolute atomic E-state index is 0.301. The lowest BCUT2D eigenvalue weighted by molar-refractivity contribution is -0.390. The summed E-state index contributed by atoms with van der Waals surface area (Å²) in [7, 11) is 3.04. The minimum Gasteiger partial charge on any atom is -0.358 e. The summed E-state index contributed by atoms with van der Waals surface area (Å²) in [5.74, 6) is -0.0170. The zero-order chi connectivity index (χ0) is 10.9. The molecule has 1 amide bonds. The van der Waals surface area contributed by atoms with Crippen LogP contribution in [0.25, 0.3) is 0 Å². The molecule has 1 aromatic heterocycles. The van der Waals surface area contributed by atoms with E-state index < -0.39 is 11.0 Å². The van der Waals surface area contributed by atoms with Crippen LogP contribution in [-0.4, -0.2) is 39.5 Å². The molecule has 0 saturated carbocycles. The lowest BCUT2D eigenvalue weighted by atomic mass is 10.6. The van der Waals surface area contributed by atoms with Crippen LogP contribution in [0.15, 0.2) is 6.20 Å². The van der Waals surface area contributed by atoms with E-state index in [9.17, 15) is 14.9 Å². The number of nitrogens with zero attached hydrogens (tertiary/aromatic N) is 4. The third-order valence-electron chi connectivity index (χ3n) is 1.68. The van der Waals surface area contributed by atoms with Gasteiger partial charge in [-0.3, -0.25) is 0 Å². The third kappa shape index (κ3) is 1.56. The van der Waals surface area contributed by atoms with E-state index in [1.807, 2.05) is 0 Å². The molecular weight excluding hydrogens is 188 g/mol. The van der Waals surface area contributed by atoms with Gasteiger partial charge in [0.2, 0.25) is 5.82 Å². The Hall–Kier alpha value is -1.92. The third-order valence-corrected chi connectivity index (χ3v) is 1.68. The van der Waals surface area contributed by atoms with Crippen molar-refractivity contribution in [3.8, 4) is 0 Å².